The fourth-order valence-corrected chi connectivity index (χ4v) is 4.03. The summed E-state index contributed by atoms with van der Waals surface area (Å²) in [6.07, 6.45) is 3.70. The minimum Gasteiger partial charge on any atom is -0.381 e. The van der Waals surface area contributed by atoms with Crippen LogP contribution in [0.4, 0.5) is 0 Å². The number of carbonyl (C=O) groups excluding carboxylic acids is 1. The molecule has 0 bridgehead atoms. The van der Waals surface area contributed by atoms with E-state index < -0.39 is 0 Å². The van der Waals surface area contributed by atoms with Crippen LogP contribution in [0.1, 0.15) is 38.2 Å². The van der Waals surface area contributed by atoms with Gasteiger partial charge in [-0.15, -0.1) is 12.4 Å². The van der Waals surface area contributed by atoms with Crippen LogP contribution in [0.25, 0.3) is 0 Å². The number of carbonyl (C=O) groups is 1. The molecule has 1 aromatic rings. The molecule has 1 aromatic carbocycles. The van der Waals surface area contributed by atoms with Crippen LogP contribution in [-0.4, -0.2) is 38.3 Å². The molecular weight excluding hydrogens is 359 g/mol. The third kappa shape index (κ3) is 5.10. The van der Waals surface area contributed by atoms with Crippen LogP contribution in [0.3, 0.4) is 0 Å². The molecule has 0 aliphatic carbocycles. The van der Waals surface area contributed by atoms with Crippen molar-refractivity contribution in [2.24, 2.45) is 5.92 Å². The lowest BCUT2D eigenvalue weighted by molar-refractivity contribution is -0.126. The van der Waals surface area contributed by atoms with E-state index in [-0.39, 0.29) is 29.6 Å². The summed E-state index contributed by atoms with van der Waals surface area (Å²) >= 11 is 6.04. The molecule has 0 spiro atoms. The maximum atomic E-state index is 12.6. The Balaban J connectivity index is 0.00000225. The maximum absolute atomic E-state index is 12.6. The van der Waals surface area contributed by atoms with Crippen LogP contribution < -0.4 is 10.6 Å². The van der Waals surface area contributed by atoms with Crippen molar-refractivity contribution in [3.63, 3.8) is 0 Å². The molecule has 1 amide bonds. The molecule has 0 radical (unpaired) electrons. The van der Waals surface area contributed by atoms with Gasteiger partial charge in [0, 0.05) is 42.2 Å². The Labute approximate surface area is 161 Å². The number of hydrogen-bond acceptors (Lipinski definition) is 3. The Hall–Kier alpha value is -0.810. The molecule has 2 heterocycles. The van der Waals surface area contributed by atoms with E-state index in [2.05, 4.69) is 29.7 Å². The quantitative estimate of drug-likeness (QED) is 0.834. The van der Waals surface area contributed by atoms with E-state index in [1.54, 1.807) is 0 Å². The summed E-state index contributed by atoms with van der Waals surface area (Å²) < 4.78 is 5.56. The van der Waals surface area contributed by atoms with Crippen molar-refractivity contribution >= 4 is 29.9 Å². The smallest absolute Gasteiger partial charge is 0.223 e. The average molecular weight is 387 g/mol. The number of benzene rings is 1. The monoisotopic (exact) mass is 386 g/mol. The number of rotatable bonds is 4. The highest BCUT2D eigenvalue weighted by Gasteiger charge is 2.35. The van der Waals surface area contributed by atoms with Gasteiger partial charge in [-0.05, 0) is 56.8 Å². The lowest BCUT2D eigenvalue weighted by Crippen LogP contribution is -2.48. The minimum atomic E-state index is -0.0446. The SMILES string of the molecule is C[C@H]1C[C@@H](C(=O)NCC2(c3ccc(Cl)cc3)CCOCC2)CCN1.Cl. The number of halogens is 2. The Bertz CT molecular complexity index is 559. The van der Waals surface area contributed by atoms with Gasteiger partial charge in [0.1, 0.15) is 0 Å². The molecule has 0 unspecified atom stereocenters. The molecule has 25 heavy (non-hydrogen) atoms. The molecule has 2 saturated heterocycles. The first kappa shape index (κ1) is 20.5. The molecule has 3 rings (SSSR count). The lowest BCUT2D eigenvalue weighted by atomic mass is 9.74. The van der Waals surface area contributed by atoms with Gasteiger partial charge in [-0.3, -0.25) is 4.79 Å². The van der Waals surface area contributed by atoms with E-state index in [1.165, 1.54) is 5.56 Å². The van der Waals surface area contributed by atoms with Gasteiger partial charge in [-0.25, -0.2) is 0 Å². The molecule has 2 N–H and O–H groups in total. The van der Waals surface area contributed by atoms with Gasteiger partial charge in [0.05, 0.1) is 0 Å². The van der Waals surface area contributed by atoms with E-state index in [0.717, 1.165) is 50.5 Å². The molecular formula is C19H28Cl2N2O2. The lowest BCUT2D eigenvalue weighted by Gasteiger charge is -2.38. The number of nitrogens with one attached hydrogen (secondary N) is 2. The van der Waals surface area contributed by atoms with Gasteiger partial charge in [-0.1, -0.05) is 23.7 Å². The normalized spacial score (nSPS) is 25.7. The fraction of sp³-hybridized carbons (Fsp3) is 0.632. The molecule has 2 aliphatic heterocycles. The Morgan fingerprint density at radius 1 is 1.32 bits per heavy atom. The predicted molar refractivity (Wildman–Crippen MR) is 104 cm³/mol. The molecule has 0 aromatic heterocycles. The van der Waals surface area contributed by atoms with Crippen molar-refractivity contribution in [2.75, 3.05) is 26.3 Å². The minimum absolute atomic E-state index is 0. The maximum Gasteiger partial charge on any atom is 0.223 e. The van der Waals surface area contributed by atoms with Crippen LogP contribution in [0.15, 0.2) is 24.3 Å². The van der Waals surface area contributed by atoms with Crippen molar-refractivity contribution in [1.29, 1.82) is 0 Å². The standard InChI is InChI=1S/C19H27ClN2O2.ClH/c1-14-12-15(6-9-21-14)18(23)22-13-19(7-10-24-11-8-19)16-2-4-17(20)5-3-16;/h2-5,14-15,21H,6-13H2,1H3,(H,22,23);1H/t14-,15-;/m0./s1. The summed E-state index contributed by atoms with van der Waals surface area (Å²) in [6, 6.07) is 8.47. The zero-order chi connectivity index (χ0) is 17.0. The first-order chi connectivity index (χ1) is 11.6. The van der Waals surface area contributed by atoms with E-state index in [4.69, 9.17) is 16.3 Å². The van der Waals surface area contributed by atoms with Gasteiger partial charge in [0.2, 0.25) is 5.91 Å². The molecule has 140 valence electrons. The first-order valence-corrected chi connectivity index (χ1v) is 9.32. The third-order valence-corrected chi connectivity index (χ3v) is 5.75. The van der Waals surface area contributed by atoms with Crippen LogP contribution in [0, 0.1) is 5.92 Å². The summed E-state index contributed by atoms with van der Waals surface area (Å²) in [5.41, 5.74) is 1.20. The van der Waals surface area contributed by atoms with Crippen LogP contribution in [-0.2, 0) is 14.9 Å². The van der Waals surface area contributed by atoms with Crippen LogP contribution >= 0.6 is 24.0 Å². The average Bonchev–Trinajstić information content (AvgIpc) is 2.61. The van der Waals surface area contributed by atoms with Crippen molar-refractivity contribution in [1.82, 2.24) is 10.6 Å². The van der Waals surface area contributed by atoms with Gasteiger partial charge < -0.3 is 15.4 Å². The molecule has 2 atom stereocenters. The highest BCUT2D eigenvalue weighted by atomic mass is 35.5. The van der Waals surface area contributed by atoms with Gasteiger partial charge >= 0.3 is 0 Å². The summed E-state index contributed by atoms with van der Waals surface area (Å²) in [7, 11) is 0. The second-order valence-corrected chi connectivity index (χ2v) is 7.63. The number of piperidine rings is 1. The van der Waals surface area contributed by atoms with Gasteiger partial charge in [0.15, 0.2) is 0 Å². The topological polar surface area (TPSA) is 50.4 Å². The summed E-state index contributed by atoms with van der Waals surface area (Å²) in [5, 5.41) is 7.39. The third-order valence-electron chi connectivity index (χ3n) is 5.50. The number of amides is 1. The highest BCUT2D eigenvalue weighted by Crippen LogP contribution is 2.35. The first-order valence-electron chi connectivity index (χ1n) is 8.94. The largest absolute Gasteiger partial charge is 0.381 e. The second-order valence-electron chi connectivity index (χ2n) is 7.19. The zero-order valence-corrected chi connectivity index (χ0v) is 16.3. The van der Waals surface area contributed by atoms with Crippen molar-refractivity contribution in [3.8, 4) is 0 Å². The second kappa shape index (κ2) is 9.22. The highest BCUT2D eigenvalue weighted by molar-refractivity contribution is 6.30. The summed E-state index contributed by atoms with van der Waals surface area (Å²) in [6.45, 7) is 5.23. The predicted octanol–water partition coefficient (Wildman–Crippen LogP) is 3.31. The van der Waals surface area contributed by atoms with E-state index >= 15 is 0 Å². The summed E-state index contributed by atoms with van der Waals surface area (Å²) in [5.74, 6) is 0.325. The Morgan fingerprint density at radius 3 is 2.64 bits per heavy atom. The Kier molecular flexibility index (Phi) is 7.56. The number of ether oxygens (including phenoxy) is 1. The zero-order valence-electron chi connectivity index (χ0n) is 14.7. The van der Waals surface area contributed by atoms with E-state index in [1.807, 2.05) is 12.1 Å². The van der Waals surface area contributed by atoms with Crippen molar-refractivity contribution in [2.45, 2.75) is 44.1 Å². The molecule has 0 saturated carbocycles. The Morgan fingerprint density at radius 2 is 2.00 bits per heavy atom. The van der Waals surface area contributed by atoms with Crippen molar-refractivity contribution < 1.29 is 9.53 Å². The summed E-state index contributed by atoms with van der Waals surface area (Å²) in [4.78, 5) is 12.6. The fourth-order valence-electron chi connectivity index (χ4n) is 3.90. The molecule has 2 fully saturated rings. The van der Waals surface area contributed by atoms with Crippen LogP contribution in [0.2, 0.25) is 5.02 Å². The van der Waals surface area contributed by atoms with Crippen molar-refractivity contribution in [3.05, 3.63) is 34.9 Å². The molecule has 2 aliphatic rings. The van der Waals surface area contributed by atoms with Gasteiger partial charge in [-0.2, -0.15) is 0 Å². The van der Waals surface area contributed by atoms with Gasteiger partial charge in [0.25, 0.3) is 0 Å². The van der Waals surface area contributed by atoms with E-state index in [9.17, 15) is 4.79 Å². The van der Waals surface area contributed by atoms with E-state index in [0.29, 0.717) is 12.6 Å². The van der Waals surface area contributed by atoms with Crippen LogP contribution in [0.5, 0.6) is 0 Å². The molecule has 6 heteroatoms. The number of hydrogen-bond donors (Lipinski definition) is 2. The molecule has 4 nitrogen and oxygen atoms in total.